The van der Waals surface area contributed by atoms with E-state index in [4.69, 9.17) is 9.47 Å². The van der Waals surface area contributed by atoms with Crippen LogP contribution in [0, 0.1) is 0 Å². The number of ether oxygens (including phenoxy) is 2. The van der Waals surface area contributed by atoms with E-state index in [1.165, 1.54) is 0 Å². The van der Waals surface area contributed by atoms with Crippen molar-refractivity contribution >= 4 is 10.8 Å². The maximum atomic E-state index is 11.8. The Morgan fingerprint density at radius 1 is 1.25 bits per heavy atom. The number of benzene rings is 1. The summed E-state index contributed by atoms with van der Waals surface area (Å²) in [5.74, 6) is 2.92. The third-order valence-corrected chi connectivity index (χ3v) is 4.65. The number of nitrogens with one attached hydrogen (secondary N) is 1. The minimum absolute atomic E-state index is 0.0953. The molecule has 1 heterocycles. The second kappa shape index (κ2) is 7.64. The average Bonchev–Trinajstić information content (AvgIpc) is 2.71. The Kier molecular flexibility index (Phi) is 5.86. The van der Waals surface area contributed by atoms with E-state index in [1.54, 1.807) is 0 Å². The van der Waals surface area contributed by atoms with Crippen molar-refractivity contribution in [3.63, 3.8) is 0 Å². The first-order valence-electron chi connectivity index (χ1n) is 7.22. The van der Waals surface area contributed by atoms with Crippen molar-refractivity contribution in [3.05, 3.63) is 23.8 Å². The highest BCUT2D eigenvalue weighted by atomic mass is 32.2. The van der Waals surface area contributed by atoms with E-state index in [-0.39, 0.29) is 6.04 Å². The minimum Gasteiger partial charge on any atom is -0.490 e. The van der Waals surface area contributed by atoms with E-state index in [9.17, 15) is 4.21 Å². The minimum atomic E-state index is -0.799. The number of hydrogen-bond acceptors (Lipinski definition) is 4. The van der Waals surface area contributed by atoms with E-state index < -0.39 is 10.8 Å². The van der Waals surface area contributed by atoms with Gasteiger partial charge in [-0.15, -0.1) is 0 Å². The van der Waals surface area contributed by atoms with E-state index >= 15 is 0 Å². The van der Waals surface area contributed by atoms with Crippen molar-refractivity contribution in [3.8, 4) is 11.5 Å². The zero-order valence-electron chi connectivity index (χ0n) is 12.2. The molecule has 2 rings (SSSR count). The van der Waals surface area contributed by atoms with Crippen LogP contribution in [0.25, 0.3) is 0 Å². The molecule has 0 saturated carbocycles. The van der Waals surface area contributed by atoms with Gasteiger partial charge in [0, 0.05) is 34.8 Å². The molecule has 112 valence electrons. The van der Waals surface area contributed by atoms with Crippen molar-refractivity contribution in [2.45, 2.75) is 26.3 Å². The van der Waals surface area contributed by atoms with Crippen LogP contribution in [0.3, 0.4) is 0 Å². The third-order valence-electron chi connectivity index (χ3n) is 3.30. The standard InChI is InChI=1S/C15H23NO3S/c1-3-16-13(11-20(17)4-2)12-6-7-14-15(10-12)19-9-5-8-18-14/h6-7,10,13,16H,3-5,8-9,11H2,1-2H3. The Bertz CT molecular complexity index is 464. The molecule has 4 nitrogen and oxygen atoms in total. The summed E-state index contributed by atoms with van der Waals surface area (Å²) < 4.78 is 23.2. The van der Waals surface area contributed by atoms with E-state index in [0.29, 0.717) is 24.7 Å². The van der Waals surface area contributed by atoms with Crippen LogP contribution in [-0.2, 0) is 10.8 Å². The van der Waals surface area contributed by atoms with Crippen LogP contribution in [-0.4, -0.2) is 35.5 Å². The molecule has 5 heteroatoms. The smallest absolute Gasteiger partial charge is 0.161 e. The van der Waals surface area contributed by atoms with Crippen molar-refractivity contribution in [1.82, 2.24) is 5.32 Å². The fourth-order valence-corrected chi connectivity index (χ4v) is 3.14. The lowest BCUT2D eigenvalue weighted by Gasteiger charge is -2.19. The highest BCUT2D eigenvalue weighted by molar-refractivity contribution is 7.84. The lowest BCUT2D eigenvalue weighted by atomic mass is 10.1. The molecule has 0 spiro atoms. The lowest BCUT2D eigenvalue weighted by molar-refractivity contribution is 0.297. The molecule has 0 saturated heterocycles. The summed E-state index contributed by atoms with van der Waals surface area (Å²) in [5, 5.41) is 3.40. The van der Waals surface area contributed by atoms with Gasteiger partial charge in [-0.3, -0.25) is 4.21 Å². The summed E-state index contributed by atoms with van der Waals surface area (Å²) >= 11 is 0. The highest BCUT2D eigenvalue weighted by Crippen LogP contribution is 2.32. The fourth-order valence-electron chi connectivity index (χ4n) is 2.22. The summed E-state index contributed by atoms with van der Waals surface area (Å²) in [5.41, 5.74) is 1.11. The highest BCUT2D eigenvalue weighted by Gasteiger charge is 2.17. The predicted molar refractivity (Wildman–Crippen MR) is 82.0 cm³/mol. The summed E-state index contributed by atoms with van der Waals surface area (Å²) in [4.78, 5) is 0. The summed E-state index contributed by atoms with van der Waals surface area (Å²) in [6, 6.07) is 6.10. The molecule has 2 atom stereocenters. The van der Waals surface area contributed by atoms with Crippen molar-refractivity contribution in [2.75, 3.05) is 31.3 Å². The van der Waals surface area contributed by atoms with Crippen LogP contribution in [0.4, 0.5) is 0 Å². The maximum absolute atomic E-state index is 11.8. The SMILES string of the molecule is CCNC(CS(=O)CC)c1ccc2c(c1)OCCCO2. The van der Waals surface area contributed by atoms with E-state index in [1.807, 2.05) is 25.1 Å². The maximum Gasteiger partial charge on any atom is 0.161 e. The van der Waals surface area contributed by atoms with Gasteiger partial charge in [-0.25, -0.2) is 0 Å². The van der Waals surface area contributed by atoms with Crippen LogP contribution >= 0.6 is 0 Å². The molecular weight excluding hydrogens is 274 g/mol. The van der Waals surface area contributed by atoms with Gasteiger partial charge in [-0.1, -0.05) is 19.9 Å². The normalized spacial score (nSPS) is 17.3. The van der Waals surface area contributed by atoms with Crippen LogP contribution < -0.4 is 14.8 Å². The molecule has 2 unspecified atom stereocenters. The number of fused-ring (bicyclic) bond motifs is 1. The summed E-state index contributed by atoms with van der Waals surface area (Å²) in [6.45, 7) is 6.24. The van der Waals surface area contributed by atoms with Crippen LogP contribution in [0.2, 0.25) is 0 Å². The summed E-state index contributed by atoms with van der Waals surface area (Å²) in [7, 11) is -0.799. The topological polar surface area (TPSA) is 47.6 Å². The van der Waals surface area contributed by atoms with Gasteiger partial charge in [-0.05, 0) is 24.2 Å². The molecular formula is C15H23NO3S. The average molecular weight is 297 g/mol. The third kappa shape index (κ3) is 3.96. The van der Waals surface area contributed by atoms with Gasteiger partial charge in [0.25, 0.3) is 0 Å². The molecule has 0 aliphatic carbocycles. The number of hydrogen-bond donors (Lipinski definition) is 1. The second-order valence-electron chi connectivity index (χ2n) is 4.76. The number of rotatable bonds is 6. The Hall–Kier alpha value is -1.07. The van der Waals surface area contributed by atoms with Crippen molar-refractivity contribution in [1.29, 1.82) is 0 Å². The monoisotopic (exact) mass is 297 g/mol. The van der Waals surface area contributed by atoms with Crippen LogP contribution in [0.1, 0.15) is 31.9 Å². The molecule has 20 heavy (non-hydrogen) atoms. The molecule has 0 aromatic heterocycles. The van der Waals surface area contributed by atoms with E-state index in [0.717, 1.165) is 30.0 Å². The molecule has 1 N–H and O–H groups in total. The summed E-state index contributed by atoms with van der Waals surface area (Å²) in [6.07, 6.45) is 0.903. The van der Waals surface area contributed by atoms with Gasteiger partial charge >= 0.3 is 0 Å². The molecule has 1 aliphatic rings. The Morgan fingerprint density at radius 3 is 2.70 bits per heavy atom. The molecule has 1 aromatic carbocycles. The second-order valence-corrected chi connectivity index (χ2v) is 6.55. The molecule has 0 radical (unpaired) electrons. The first-order valence-corrected chi connectivity index (χ1v) is 8.71. The quantitative estimate of drug-likeness (QED) is 0.875. The van der Waals surface area contributed by atoms with Crippen molar-refractivity contribution in [2.24, 2.45) is 0 Å². The zero-order chi connectivity index (χ0) is 14.4. The molecule has 1 aromatic rings. The van der Waals surface area contributed by atoms with Gasteiger partial charge < -0.3 is 14.8 Å². The van der Waals surface area contributed by atoms with Gasteiger partial charge in [-0.2, -0.15) is 0 Å². The Balaban J connectivity index is 2.20. The van der Waals surface area contributed by atoms with Crippen molar-refractivity contribution < 1.29 is 13.7 Å². The molecule has 1 aliphatic heterocycles. The molecule has 0 amide bonds. The predicted octanol–water partition coefficient (Wildman–Crippen LogP) is 2.27. The Labute approximate surface area is 123 Å². The Morgan fingerprint density at radius 2 is 2.00 bits per heavy atom. The largest absolute Gasteiger partial charge is 0.490 e. The lowest BCUT2D eigenvalue weighted by Crippen LogP contribution is -2.26. The van der Waals surface area contributed by atoms with E-state index in [2.05, 4.69) is 12.2 Å². The van der Waals surface area contributed by atoms with Gasteiger partial charge in [0.1, 0.15) is 0 Å². The molecule has 0 bridgehead atoms. The first-order chi connectivity index (χ1) is 9.74. The van der Waals surface area contributed by atoms with Gasteiger partial charge in [0.05, 0.1) is 13.2 Å². The van der Waals surface area contributed by atoms with Gasteiger partial charge in [0.15, 0.2) is 11.5 Å². The first kappa shape index (κ1) is 15.3. The molecule has 0 fully saturated rings. The fraction of sp³-hybridized carbons (Fsp3) is 0.600. The van der Waals surface area contributed by atoms with Crippen LogP contribution in [0.15, 0.2) is 18.2 Å². The van der Waals surface area contributed by atoms with Gasteiger partial charge in [0.2, 0.25) is 0 Å². The zero-order valence-corrected chi connectivity index (χ0v) is 13.0. The van der Waals surface area contributed by atoms with Crippen LogP contribution in [0.5, 0.6) is 11.5 Å².